The first-order chi connectivity index (χ1) is 9.83. The monoisotopic (exact) mass is 356 g/mol. The molecule has 0 radical (unpaired) electrons. The van der Waals surface area contributed by atoms with Gasteiger partial charge in [-0.25, -0.2) is 4.39 Å². The molecule has 0 saturated heterocycles. The highest BCUT2D eigenvalue weighted by Crippen LogP contribution is 2.22. The van der Waals surface area contributed by atoms with Gasteiger partial charge in [-0.1, -0.05) is 21.1 Å². The smallest absolute Gasteiger partial charge is 0.174 e. The number of ether oxygens (including phenoxy) is 1. The summed E-state index contributed by atoms with van der Waals surface area (Å²) in [6.07, 6.45) is 0. The summed E-state index contributed by atoms with van der Waals surface area (Å²) in [6, 6.07) is 6.44. The predicted molar refractivity (Wildman–Crippen MR) is 81.5 cm³/mol. The van der Waals surface area contributed by atoms with E-state index in [4.69, 9.17) is 9.26 Å². The minimum Gasteiger partial charge on any atom is -0.482 e. The summed E-state index contributed by atoms with van der Waals surface area (Å²) >= 11 is 3.20. The first-order valence-corrected chi connectivity index (χ1v) is 7.40. The molecule has 1 aromatic heterocycles. The van der Waals surface area contributed by atoms with Crippen LogP contribution in [0, 0.1) is 5.82 Å². The van der Waals surface area contributed by atoms with Crippen LogP contribution in [0.5, 0.6) is 5.75 Å². The molecule has 0 unspecified atom stereocenters. The van der Waals surface area contributed by atoms with Crippen molar-refractivity contribution in [3.63, 3.8) is 0 Å². The fourth-order valence-electron chi connectivity index (χ4n) is 1.60. The maximum Gasteiger partial charge on any atom is 0.174 e. The van der Waals surface area contributed by atoms with Crippen LogP contribution in [-0.2, 0) is 13.2 Å². The zero-order valence-electron chi connectivity index (χ0n) is 12.2. The standard InChI is InChI=1S/C15H18BrFN2O2/c1-15(2,3)18-8-11-7-12(21-19-11)9-20-14-5-4-10(16)6-13(14)17/h4-7,18H,8-9H2,1-3H3. The average Bonchev–Trinajstić information content (AvgIpc) is 2.82. The molecule has 114 valence electrons. The SMILES string of the molecule is CC(C)(C)NCc1cc(COc2ccc(Br)cc2F)on1. The summed E-state index contributed by atoms with van der Waals surface area (Å²) in [6.45, 7) is 6.98. The van der Waals surface area contributed by atoms with Crippen LogP contribution in [0.2, 0.25) is 0 Å². The largest absolute Gasteiger partial charge is 0.482 e. The molecule has 6 heteroatoms. The van der Waals surface area contributed by atoms with Gasteiger partial charge in [0.2, 0.25) is 0 Å². The maximum atomic E-state index is 13.6. The molecule has 21 heavy (non-hydrogen) atoms. The minimum absolute atomic E-state index is 0.0101. The predicted octanol–water partition coefficient (Wildman–Crippen LogP) is 4.04. The Labute approximate surface area is 131 Å². The number of hydrogen-bond acceptors (Lipinski definition) is 4. The normalized spacial score (nSPS) is 11.7. The third kappa shape index (κ3) is 5.13. The molecule has 2 rings (SSSR count). The third-order valence-corrected chi connectivity index (χ3v) is 3.16. The van der Waals surface area contributed by atoms with Gasteiger partial charge in [0.15, 0.2) is 17.3 Å². The van der Waals surface area contributed by atoms with Crippen molar-refractivity contribution in [3.8, 4) is 5.75 Å². The minimum atomic E-state index is -0.418. The molecule has 0 aliphatic rings. The van der Waals surface area contributed by atoms with E-state index in [0.29, 0.717) is 16.8 Å². The van der Waals surface area contributed by atoms with E-state index in [0.717, 1.165) is 5.69 Å². The molecule has 0 atom stereocenters. The zero-order valence-corrected chi connectivity index (χ0v) is 13.8. The van der Waals surface area contributed by atoms with Crippen LogP contribution in [0.25, 0.3) is 0 Å². The van der Waals surface area contributed by atoms with Gasteiger partial charge in [-0.2, -0.15) is 0 Å². The van der Waals surface area contributed by atoms with E-state index in [1.165, 1.54) is 6.07 Å². The molecule has 1 heterocycles. The van der Waals surface area contributed by atoms with Gasteiger partial charge in [0, 0.05) is 22.6 Å². The van der Waals surface area contributed by atoms with Crippen molar-refractivity contribution in [2.45, 2.75) is 39.5 Å². The number of rotatable bonds is 5. The summed E-state index contributed by atoms with van der Waals surface area (Å²) in [4.78, 5) is 0. The lowest BCUT2D eigenvalue weighted by molar-refractivity contribution is 0.239. The van der Waals surface area contributed by atoms with E-state index in [1.807, 2.05) is 0 Å². The Morgan fingerprint density at radius 3 is 2.76 bits per heavy atom. The molecule has 2 aromatic rings. The van der Waals surface area contributed by atoms with Gasteiger partial charge in [0.25, 0.3) is 0 Å². The topological polar surface area (TPSA) is 47.3 Å². The van der Waals surface area contributed by atoms with Gasteiger partial charge in [-0.05, 0) is 39.0 Å². The van der Waals surface area contributed by atoms with E-state index in [1.54, 1.807) is 18.2 Å². The first-order valence-electron chi connectivity index (χ1n) is 6.61. The molecule has 0 saturated carbocycles. The van der Waals surface area contributed by atoms with Crippen LogP contribution in [0.15, 0.2) is 33.3 Å². The van der Waals surface area contributed by atoms with Gasteiger partial charge < -0.3 is 14.6 Å². The van der Waals surface area contributed by atoms with Crippen molar-refractivity contribution in [1.82, 2.24) is 10.5 Å². The van der Waals surface area contributed by atoms with Crippen molar-refractivity contribution in [1.29, 1.82) is 0 Å². The summed E-state index contributed by atoms with van der Waals surface area (Å²) in [7, 11) is 0. The van der Waals surface area contributed by atoms with E-state index in [-0.39, 0.29) is 17.9 Å². The molecule has 0 aliphatic carbocycles. The maximum absolute atomic E-state index is 13.6. The van der Waals surface area contributed by atoms with Crippen molar-refractivity contribution < 1.29 is 13.7 Å². The summed E-state index contributed by atoms with van der Waals surface area (Å²) < 4.78 is 24.8. The van der Waals surface area contributed by atoms with Gasteiger partial charge in [-0.3, -0.25) is 0 Å². The molecular formula is C15H18BrFN2O2. The van der Waals surface area contributed by atoms with Crippen LogP contribution < -0.4 is 10.1 Å². The van der Waals surface area contributed by atoms with Crippen molar-refractivity contribution >= 4 is 15.9 Å². The lowest BCUT2D eigenvalue weighted by Gasteiger charge is -2.19. The van der Waals surface area contributed by atoms with Gasteiger partial charge in [-0.15, -0.1) is 0 Å². The Bertz CT molecular complexity index is 608. The molecule has 0 amide bonds. The number of benzene rings is 1. The van der Waals surface area contributed by atoms with E-state index < -0.39 is 5.82 Å². The van der Waals surface area contributed by atoms with E-state index in [2.05, 4.69) is 47.2 Å². The fraction of sp³-hybridized carbons (Fsp3) is 0.400. The molecular weight excluding hydrogens is 339 g/mol. The lowest BCUT2D eigenvalue weighted by Crippen LogP contribution is -2.35. The zero-order chi connectivity index (χ0) is 15.5. The number of halogens is 2. The van der Waals surface area contributed by atoms with Gasteiger partial charge in [0.05, 0.1) is 5.69 Å². The number of nitrogens with zero attached hydrogens (tertiary/aromatic N) is 1. The first kappa shape index (κ1) is 16.0. The Kier molecular flexibility index (Phi) is 5.00. The quantitative estimate of drug-likeness (QED) is 0.877. The van der Waals surface area contributed by atoms with E-state index in [9.17, 15) is 4.39 Å². The highest BCUT2D eigenvalue weighted by molar-refractivity contribution is 9.10. The highest BCUT2D eigenvalue weighted by atomic mass is 79.9. The molecule has 0 fully saturated rings. The van der Waals surface area contributed by atoms with Crippen molar-refractivity contribution in [3.05, 3.63) is 46.0 Å². The van der Waals surface area contributed by atoms with Crippen LogP contribution >= 0.6 is 15.9 Å². The van der Waals surface area contributed by atoms with Crippen LogP contribution in [0.1, 0.15) is 32.2 Å². The second-order valence-corrected chi connectivity index (χ2v) is 6.67. The number of hydrogen-bond donors (Lipinski definition) is 1. The molecule has 0 bridgehead atoms. The second-order valence-electron chi connectivity index (χ2n) is 5.75. The van der Waals surface area contributed by atoms with Crippen LogP contribution in [0.3, 0.4) is 0 Å². The lowest BCUT2D eigenvalue weighted by atomic mass is 10.1. The third-order valence-electron chi connectivity index (χ3n) is 2.67. The molecule has 0 spiro atoms. The number of aromatic nitrogens is 1. The molecule has 0 aliphatic heterocycles. The second kappa shape index (κ2) is 6.58. The van der Waals surface area contributed by atoms with Gasteiger partial charge in [0.1, 0.15) is 6.61 Å². The molecule has 4 nitrogen and oxygen atoms in total. The Morgan fingerprint density at radius 2 is 2.10 bits per heavy atom. The summed E-state index contributed by atoms with van der Waals surface area (Å²) in [5.41, 5.74) is 0.802. The Morgan fingerprint density at radius 1 is 1.33 bits per heavy atom. The van der Waals surface area contributed by atoms with Crippen molar-refractivity contribution in [2.24, 2.45) is 0 Å². The highest BCUT2D eigenvalue weighted by Gasteiger charge is 2.12. The Hall–Kier alpha value is -1.40. The van der Waals surface area contributed by atoms with Crippen LogP contribution in [-0.4, -0.2) is 10.7 Å². The molecule has 1 aromatic carbocycles. The van der Waals surface area contributed by atoms with Crippen LogP contribution in [0.4, 0.5) is 4.39 Å². The number of nitrogens with one attached hydrogen (secondary N) is 1. The van der Waals surface area contributed by atoms with Crippen molar-refractivity contribution in [2.75, 3.05) is 0 Å². The molecule has 1 N–H and O–H groups in total. The summed E-state index contributed by atoms with van der Waals surface area (Å²) in [5.74, 6) is 0.325. The summed E-state index contributed by atoms with van der Waals surface area (Å²) in [5, 5.41) is 7.26. The average molecular weight is 357 g/mol. The Balaban J connectivity index is 1.90. The fourth-order valence-corrected chi connectivity index (χ4v) is 1.94. The van der Waals surface area contributed by atoms with Gasteiger partial charge >= 0.3 is 0 Å². The van der Waals surface area contributed by atoms with E-state index >= 15 is 0 Å².